The van der Waals surface area contributed by atoms with Gasteiger partial charge in [-0.3, -0.25) is 4.79 Å². The average molecular weight is 377 g/mol. The smallest absolute Gasteiger partial charge is 0.236 e. The minimum Gasteiger partial charge on any atom is -0.353 e. The number of rotatable bonds is 6. The van der Waals surface area contributed by atoms with Gasteiger partial charge in [-0.05, 0) is 30.5 Å². The Kier molecular flexibility index (Phi) is 7.36. The summed E-state index contributed by atoms with van der Waals surface area (Å²) in [4.78, 5) is 14.1. The van der Waals surface area contributed by atoms with E-state index < -0.39 is 0 Å². The van der Waals surface area contributed by atoms with Crippen LogP contribution in [0.25, 0.3) is 0 Å². The van der Waals surface area contributed by atoms with Crippen molar-refractivity contribution in [3.05, 3.63) is 66.2 Å². The molecule has 3 nitrogen and oxygen atoms in total. The van der Waals surface area contributed by atoms with E-state index in [-0.39, 0.29) is 29.1 Å². The van der Waals surface area contributed by atoms with E-state index in [1.807, 2.05) is 48.5 Å². The Bertz CT molecular complexity index is 660. The molecule has 3 rings (SSSR count). The second kappa shape index (κ2) is 9.27. The van der Waals surface area contributed by atoms with E-state index in [2.05, 4.69) is 17.4 Å². The van der Waals surface area contributed by atoms with E-state index in [1.54, 1.807) is 11.8 Å². The summed E-state index contributed by atoms with van der Waals surface area (Å²) < 4.78 is -0.349. The third kappa shape index (κ3) is 5.00. The lowest BCUT2D eigenvalue weighted by atomic mass is 10.0. The second-order valence-corrected chi connectivity index (χ2v) is 7.80. The molecule has 0 saturated heterocycles. The first-order chi connectivity index (χ1) is 11.7. The predicted molar refractivity (Wildman–Crippen MR) is 107 cm³/mol. The molecule has 2 aromatic carbocycles. The van der Waals surface area contributed by atoms with Crippen molar-refractivity contribution in [3.63, 3.8) is 0 Å². The van der Waals surface area contributed by atoms with Crippen molar-refractivity contribution >= 4 is 30.1 Å². The molecule has 0 aromatic heterocycles. The first-order valence-corrected chi connectivity index (χ1v) is 9.34. The van der Waals surface area contributed by atoms with Gasteiger partial charge in [0.2, 0.25) is 5.91 Å². The lowest BCUT2D eigenvalue weighted by Crippen LogP contribution is -2.44. The Morgan fingerprint density at radius 3 is 2.20 bits per heavy atom. The molecule has 0 radical (unpaired) electrons. The fraction of sp³-hybridized carbons (Fsp3) is 0.350. The lowest BCUT2D eigenvalue weighted by molar-refractivity contribution is -0.123. The third-order valence-corrected chi connectivity index (χ3v) is 6.08. The summed E-state index contributed by atoms with van der Waals surface area (Å²) in [6.07, 6.45) is 4.08. The van der Waals surface area contributed by atoms with Gasteiger partial charge in [0, 0.05) is 17.5 Å². The molecule has 2 aromatic rings. The number of thioether (sulfide) groups is 1. The van der Waals surface area contributed by atoms with Crippen LogP contribution in [0.15, 0.2) is 65.6 Å². The molecule has 0 bridgehead atoms. The van der Waals surface area contributed by atoms with Crippen molar-refractivity contribution in [1.29, 1.82) is 0 Å². The summed E-state index contributed by atoms with van der Waals surface area (Å²) in [5.41, 5.74) is 7.27. The maximum absolute atomic E-state index is 12.9. The Labute approximate surface area is 160 Å². The molecule has 1 atom stereocenters. The van der Waals surface area contributed by atoms with Crippen molar-refractivity contribution in [2.45, 2.75) is 41.4 Å². The van der Waals surface area contributed by atoms with Crippen LogP contribution in [0.3, 0.4) is 0 Å². The second-order valence-electron chi connectivity index (χ2n) is 6.34. The highest BCUT2D eigenvalue weighted by molar-refractivity contribution is 8.01. The quantitative estimate of drug-likeness (QED) is 0.788. The van der Waals surface area contributed by atoms with Crippen LogP contribution in [-0.4, -0.2) is 17.2 Å². The topological polar surface area (TPSA) is 55.1 Å². The maximum Gasteiger partial charge on any atom is 0.236 e. The van der Waals surface area contributed by atoms with E-state index in [9.17, 15) is 4.79 Å². The molecule has 1 fully saturated rings. The Morgan fingerprint density at radius 2 is 1.60 bits per heavy atom. The molecule has 0 spiro atoms. The number of halogens is 1. The standard InChI is InChI=1S/C20H24N2OS.ClH/c21-18(16-9-3-1-4-10-16)15-22-19(23)20(13-7-8-14-20)24-17-11-5-2-6-12-17;/h1-6,9-12,18H,7-8,13-15,21H2,(H,22,23);1H. The highest BCUT2D eigenvalue weighted by Crippen LogP contribution is 2.45. The van der Waals surface area contributed by atoms with Gasteiger partial charge < -0.3 is 11.1 Å². The van der Waals surface area contributed by atoms with Gasteiger partial charge in [-0.2, -0.15) is 0 Å². The van der Waals surface area contributed by atoms with Gasteiger partial charge in [-0.15, -0.1) is 24.2 Å². The molecule has 3 N–H and O–H groups in total. The van der Waals surface area contributed by atoms with Gasteiger partial charge in [0.15, 0.2) is 0 Å². The number of hydrogen-bond donors (Lipinski definition) is 2. The molecule has 134 valence electrons. The minimum absolute atomic E-state index is 0. The molecular weight excluding hydrogens is 352 g/mol. The van der Waals surface area contributed by atoms with Gasteiger partial charge in [-0.25, -0.2) is 0 Å². The van der Waals surface area contributed by atoms with Crippen LogP contribution in [0.4, 0.5) is 0 Å². The Balaban J connectivity index is 0.00000225. The number of carbonyl (C=O) groups is 1. The number of nitrogens with one attached hydrogen (secondary N) is 1. The highest BCUT2D eigenvalue weighted by Gasteiger charge is 2.42. The number of nitrogens with two attached hydrogens (primary N) is 1. The summed E-state index contributed by atoms with van der Waals surface area (Å²) in [6.45, 7) is 0.472. The van der Waals surface area contributed by atoms with Crippen LogP contribution >= 0.6 is 24.2 Å². The molecule has 5 heteroatoms. The van der Waals surface area contributed by atoms with Crippen LogP contribution < -0.4 is 11.1 Å². The molecule has 1 amide bonds. The normalized spacial score (nSPS) is 16.7. The predicted octanol–water partition coefficient (Wildman–Crippen LogP) is 4.33. The summed E-state index contributed by atoms with van der Waals surface area (Å²) >= 11 is 1.70. The zero-order valence-electron chi connectivity index (χ0n) is 14.2. The molecule has 0 aliphatic heterocycles. The van der Waals surface area contributed by atoms with Gasteiger partial charge in [-0.1, -0.05) is 61.4 Å². The fourth-order valence-corrected chi connectivity index (χ4v) is 4.62. The van der Waals surface area contributed by atoms with Crippen LogP contribution in [0, 0.1) is 0 Å². The maximum atomic E-state index is 12.9. The minimum atomic E-state index is -0.349. The van der Waals surface area contributed by atoms with E-state index in [4.69, 9.17) is 5.73 Å². The van der Waals surface area contributed by atoms with E-state index >= 15 is 0 Å². The average Bonchev–Trinajstić information content (AvgIpc) is 3.10. The van der Waals surface area contributed by atoms with E-state index in [0.717, 1.165) is 36.1 Å². The van der Waals surface area contributed by atoms with Crippen molar-refractivity contribution in [3.8, 4) is 0 Å². The zero-order valence-corrected chi connectivity index (χ0v) is 15.8. The van der Waals surface area contributed by atoms with Crippen LogP contribution in [-0.2, 0) is 4.79 Å². The van der Waals surface area contributed by atoms with E-state index in [1.165, 1.54) is 0 Å². The number of carbonyl (C=O) groups excluding carboxylic acids is 1. The lowest BCUT2D eigenvalue weighted by Gasteiger charge is -2.28. The molecule has 25 heavy (non-hydrogen) atoms. The van der Waals surface area contributed by atoms with Gasteiger partial charge in [0.1, 0.15) is 0 Å². The molecule has 1 aliphatic carbocycles. The number of hydrogen-bond acceptors (Lipinski definition) is 3. The Morgan fingerprint density at radius 1 is 1.04 bits per heavy atom. The first-order valence-electron chi connectivity index (χ1n) is 8.52. The largest absolute Gasteiger partial charge is 0.353 e. The zero-order chi connectivity index (χ0) is 16.8. The van der Waals surface area contributed by atoms with Gasteiger partial charge in [0.05, 0.1) is 4.75 Å². The fourth-order valence-electron chi connectivity index (χ4n) is 3.22. The first kappa shape index (κ1) is 19.8. The van der Waals surface area contributed by atoms with Gasteiger partial charge >= 0.3 is 0 Å². The third-order valence-electron chi connectivity index (χ3n) is 4.59. The summed E-state index contributed by atoms with van der Waals surface area (Å²) in [5, 5.41) is 3.10. The molecule has 1 saturated carbocycles. The highest BCUT2D eigenvalue weighted by atomic mass is 35.5. The van der Waals surface area contributed by atoms with Crippen LogP contribution in [0.2, 0.25) is 0 Å². The van der Waals surface area contributed by atoms with Crippen molar-refractivity contribution in [2.75, 3.05) is 6.54 Å². The van der Waals surface area contributed by atoms with Crippen LogP contribution in [0.5, 0.6) is 0 Å². The summed E-state index contributed by atoms with van der Waals surface area (Å²) in [6, 6.07) is 20.0. The van der Waals surface area contributed by atoms with Crippen molar-refractivity contribution in [2.24, 2.45) is 5.73 Å². The van der Waals surface area contributed by atoms with Crippen molar-refractivity contribution in [1.82, 2.24) is 5.32 Å². The van der Waals surface area contributed by atoms with Gasteiger partial charge in [0.25, 0.3) is 0 Å². The van der Waals surface area contributed by atoms with Crippen molar-refractivity contribution < 1.29 is 4.79 Å². The monoisotopic (exact) mass is 376 g/mol. The summed E-state index contributed by atoms with van der Waals surface area (Å²) in [7, 11) is 0. The van der Waals surface area contributed by atoms with Crippen LogP contribution in [0.1, 0.15) is 37.3 Å². The Hall–Kier alpha value is -1.49. The van der Waals surface area contributed by atoms with E-state index in [0.29, 0.717) is 6.54 Å². The molecular formula is C20H25ClN2OS. The molecule has 1 aliphatic rings. The molecule has 0 heterocycles. The number of benzene rings is 2. The molecule has 1 unspecified atom stereocenters. The summed E-state index contributed by atoms with van der Waals surface area (Å²) in [5.74, 6) is 0.125. The SMILES string of the molecule is Cl.NC(CNC(=O)C1(Sc2ccccc2)CCCC1)c1ccccc1. The number of amides is 1.